The van der Waals surface area contributed by atoms with Gasteiger partial charge in [0, 0.05) is 6.54 Å². The van der Waals surface area contributed by atoms with E-state index in [1.807, 2.05) is 12.1 Å². The second kappa shape index (κ2) is 5.61. The highest BCUT2D eigenvalue weighted by Crippen LogP contribution is 2.19. The molecule has 0 fully saturated rings. The third kappa shape index (κ3) is 4.31. The van der Waals surface area contributed by atoms with Crippen LogP contribution in [0.4, 0.5) is 0 Å². The van der Waals surface area contributed by atoms with Crippen molar-refractivity contribution < 1.29 is 4.42 Å². The Balaban J connectivity index is 2.50. The number of hydrogen-bond acceptors (Lipinski definition) is 3. The van der Waals surface area contributed by atoms with Crippen LogP contribution in [0.25, 0.3) is 0 Å². The van der Waals surface area contributed by atoms with Crippen LogP contribution in [0.15, 0.2) is 22.8 Å². The highest BCUT2D eigenvalue weighted by molar-refractivity contribution is 7.80. The van der Waals surface area contributed by atoms with Crippen molar-refractivity contribution >= 4 is 12.6 Å². The number of furan rings is 1. The van der Waals surface area contributed by atoms with Crippen LogP contribution in [0, 0.1) is 5.41 Å². The average molecular weight is 227 g/mol. The molecule has 1 rings (SSSR count). The Kier molecular flexibility index (Phi) is 4.74. The molecule has 0 N–H and O–H groups in total. The monoisotopic (exact) mass is 227 g/mol. The molecule has 0 radical (unpaired) electrons. The summed E-state index contributed by atoms with van der Waals surface area (Å²) in [6.07, 6.45) is 1.73. The molecule has 0 unspecified atom stereocenters. The van der Waals surface area contributed by atoms with Crippen LogP contribution in [0.3, 0.4) is 0 Å². The van der Waals surface area contributed by atoms with E-state index in [4.69, 9.17) is 4.42 Å². The van der Waals surface area contributed by atoms with E-state index in [2.05, 4.69) is 38.3 Å². The zero-order chi connectivity index (χ0) is 11.3. The molecule has 0 spiro atoms. The summed E-state index contributed by atoms with van der Waals surface area (Å²) in [5.74, 6) is 1.94. The molecule has 0 aliphatic heterocycles. The largest absolute Gasteiger partial charge is 0.468 e. The van der Waals surface area contributed by atoms with Crippen molar-refractivity contribution in [1.82, 2.24) is 4.90 Å². The van der Waals surface area contributed by atoms with Crippen LogP contribution in [0.2, 0.25) is 0 Å². The van der Waals surface area contributed by atoms with Gasteiger partial charge in [-0.05, 0) is 29.8 Å². The Bertz CT molecular complexity index is 269. The first-order valence-electron chi connectivity index (χ1n) is 5.43. The fraction of sp³-hybridized carbons (Fsp3) is 0.667. The average Bonchev–Trinajstić information content (AvgIpc) is 2.69. The third-order valence-electron chi connectivity index (χ3n) is 2.49. The number of hydrogen-bond donors (Lipinski definition) is 1. The van der Waals surface area contributed by atoms with Gasteiger partial charge in [0.2, 0.25) is 0 Å². The van der Waals surface area contributed by atoms with Gasteiger partial charge in [-0.3, -0.25) is 4.90 Å². The zero-order valence-corrected chi connectivity index (χ0v) is 10.8. The van der Waals surface area contributed by atoms with Gasteiger partial charge >= 0.3 is 0 Å². The maximum atomic E-state index is 5.35. The summed E-state index contributed by atoms with van der Waals surface area (Å²) in [5, 5.41) is 0. The van der Waals surface area contributed by atoms with Gasteiger partial charge < -0.3 is 4.42 Å². The van der Waals surface area contributed by atoms with Crippen molar-refractivity contribution in [3.8, 4) is 0 Å². The van der Waals surface area contributed by atoms with Crippen molar-refractivity contribution in [1.29, 1.82) is 0 Å². The molecule has 0 aliphatic rings. The van der Waals surface area contributed by atoms with E-state index in [-0.39, 0.29) is 5.41 Å². The second-order valence-corrected chi connectivity index (χ2v) is 5.02. The van der Waals surface area contributed by atoms with E-state index in [0.717, 1.165) is 31.1 Å². The highest BCUT2D eigenvalue weighted by atomic mass is 32.1. The zero-order valence-electron chi connectivity index (χ0n) is 9.86. The van der Waals surface area contributed by atoms with Crippen LogP contribution < -0.4 is 0 Å². The molecule has 2 nitrogen and oxygen atoms in total. The Morgan fingerprint density at radius 3 is 2.67 bits per heavy atom. The first-order valence-corrected chi connectivity index (χ1v) is 6.06. The van der Waals surface area contributed by atoms with Gasteiger partial charge in [0.1, 0.15) is 5.76 Å². The summed E-state index contributed by atoms with van der Waals surface area (Å²) >= 11 is 4.38. The molecule has 15 heavy (non-hydrogen) atoms. The lowest BCUT2D eigenvalue weighted by atomic mass is 9.95. The minimum atomic E-state index is 0.256. The van der Waals surface area contributed by atoms with Crippen LogP contribution >= 0.6 is 12.6 Å². The molecular formula is C12H21NOS. The van der Waals surface area contributed by atoms with E-state index in [1.54, 1.807) is 6.26 Å². The lowest BCUT2D eigenvalue weighted by molar-refractivity contribution is 0.184. The van der Waals surface area contributed by atoms with Gasteiger partial charge in [-0.2, -0.15) is 12.6 Å². The highest BCUT2D eigenvalue weighted by Gasteiger charge is 2.19. The summed E-state index contributed by atoms with van der Waals surface area (Å²) in [5.41, 5.74) is 0.256. The van der Waals surface area contributed by atoms with Gasteiger partial charge in [-0.25, -0.2) is 0 Å². The molecule has 1 heterocycles. The van der Waals surface area contributed by atoms with Gasteiger partial charge in [-0.15, -0.1) is 0 Å². The molecule has 0 bridgehead atoms. The summed E-state index contributed by atoms with van der Waals surface area (Å²) in [7, 11) is 0. The van der Waals surface area contributed by atoms with Crippen molar-refractivity contribution in [2.24, 2.45) is 5.41 Å². The molecule has 0 saturated carbocycles. The number of nitrogens with zero attached hydrogens (tertiary/aromatic N) is 1. The maximum Gasteiger partial charge on any atom is 0.117 e. The van der Waals surface area contributed by atoms with Crippen molar-refractivity contribution in [3.63, 3.8) is 0 Å². The van der Waals surface area contributed by atoms with Crippen LogP contribution in [-0.2, 0) is 6.54 Å². The predicted octanol–water partition coefficient (Wildman–Crippen LogP) is 3.06. The Labute approximate surface area is 98.1 Å². The van der Waals surface area contributed by atoms with E-state index in [9.17, 15) is 0 Å². The smallest absolute Gasteiger partial charge is 0.117 e. The normalized spacial score (nSPS) is 12.3. The summed E-state index contributed by atoms with van der Waals surface area (Å²) in [6, 6.07) is 3.96. The first-order chi connectivity index (χ1) is 7.07. The molecule has 0 amide bonds. The standard InChI is InChI=1S/C12H21NOS/c1-4-13(9-12(2,3)10-15)8-11-6-5-7-14-11/h5-7,15H,4,8-10H2,1-3H3. The summed E-state index contributed by atoms with van der Waals surface area (Å²) in [4.78, 5) is 2.38. The van der Waals surface area contributed by atoms with Crippen LogP contribution in [0.1, 0.15) is 26.5 Å². The van der Waals surface area contributed by atoms with Gasteiger partial charge in [0.05, 0.1) is 12.8 Å². The predicted molar refractivity (Wildman–Crippen MR) is 67.3 cm³/mol. The Morgan fingerprint density at radius 2 is 2.20 bits per heavy atom. The summed E-state index contributed by atoms with van der Waals surface area (Å²) < 4.78 is 5.35. The summed E-state index contributed by atoms with van der Waals surface area (Å²) in [6.45, 7) is 9.64. The van der Waals surface area contributed by atoms with Crippen LogP contribution in [0.5, 0.6) is 0 Å². The number of rotatable bonds is 6. The lowest BCUT2D eigenvalue weighted by Gasteiger charge is -2.30. The van der Waals surface area contributed by atoms with Gasteiger partial charge in [0.25, 0.3) is 0 Å². The minimum absolute atomic E-state index is 0.256. The fourth-order valence-corrected chi connectivity index (χ4v) is 1.66. The fourth-order valence-electron chi connectivity index (χ4n) is 1.56. The van der Waals surface area contributed by atoms with Crippen molar-refractivity contribution in [2.75, 3.05) is 18.8 Å². The molecule has 0 aliphatic carbocycles. The molecule has 1 aromatic rings. The lowest BCUT2D eigenvalue weighted by Crippen LogP contribution is -2.34. The maximum absolute atomic E-state index is 5.35. The second-order valence-electron chi connectivity index (χ2n) is 4.70. The van der Waals surface area contributed by atoms with E-state index >= 15 is 0 Å². The van der Waals surface area contributed by atoms with Gasteiger partial charge in [0.15, 0.2) is 0 Å². The molecule has 0 saturated heterocycles. The molecular weight excluding hydrogens is 206 g/mol. The number of thiol groups is 1. The third-order valence-corrected chi connectivity index (χ3v) is 3.34. The van der Waals surface area contributed by atoms with Crippen molar-refractivity contribution in [2.45, 2.75) is 27.3 Å². The molecule has 0 aromatic carbocycles. The minimum Gasteiger partial charge on any atom is -0.468 e. The SMILES string of the molecule is CCN(Cc1ccco1)CC(C)(C)CS. The Hall–Kier alpha value is -0.410. The van der Waals surface area contributed by atoms with E-state index in [0.29, 0.717) is 0 Å². The van der Waals surface area contributed by atoms with Gasteiger partial charge in [-0.1, -0.05) is 20.8 Å². The van der Waals surface area contributed by atoms with Crippen LogP contribution in [-0.4, -0.2) is 23.7 Å². The molecule has 1 aromatic heterocycles. The first kappa shape index (κ1) is 12.7. The van der Waals surface area contributed by atoms with E-state index < -0.39 is 0 Å². The topological polar surface area (TPSA) is 16.4 Å². The molecule has 3 heteroatoms. The quantitative estimate of drug-likeness (QED) is 0.752. The molecule has 86 valence electrons. The van der Waals surface area contributed by atoms with Crippen molar-refractivity contribution in [3.05, 3.63) is 24.2 Å². The Morgan fingerprint density at radius 1 is 1.47 bits per heavy atom. The molecule has 0 atom stereocenters. The van der Waals surface area contributed by atoms with E-state index in [1.165, 1.54) is 0 Å².